The molecule has 2 aromatic heterocycles. The summed E-state index contributed by atoms with van der Waals surface area (Å²) >= 11 is 1.01. The maximum atomic E-state index is 13.5. The van der Waals surface area contributed by atoms with Crippen LogP contribution in [0.3, 0.4) is 0 Å². The van der Waals surface area contributed by atoms with E-state index in [1.165, 1.54) is 12.3 Å². The lowest BCUT2D eigenvalue weighted by atomic mass is 10.1. The molecule has 0 saturated heterocycles. The molecule has 0 spiro atoms. The minimum absolute atomic E-state index is 0.0481. The van der Waals surface area contributed by atoms with Crippen LogP contribution in [0, 0.1) is 0 Å². The lowest BCUT2D eigenvalue weighted by Crippen LogP contribution is -2.25. The molecule has 2 heterocycles. The van der Waals surface area contributed by atoms with Gasteiger partial charge in [-0.15, -0.1) is 0 Å². The van der Waals surface area contributed by atoms with E-state index in [0.717, 1.165) is 23.9 Å². The number of aromatic hydroxyl groups is 1. The second-order valence-electron chi connectivity index (χ2n) is 5.34. The van der Waals surface area contributed by atoms with Gasteiger partial charge in [-0.1, -0.05) is 17.8 Å². The lowest BCUT2D eigenvalue weighted by molar-refractivity contribution is -0.136. The Labute approximate surface area is 158 Å². The molecule has 9 nitrogen and oxygen atoms in total. The molecule has 1 aromatic carbocycles. The zero-order chi connectivity index (χ0) is 20.5. The van der Waals surface area contributed by atoms with Crippen molar-refractivity contribution >= 4 is 23.4 Å². The number of alkyl halides is 3. The highest BCUT2D eigenvalue weighted by atomic mass is 32.2. The van der Waals surface area contributed by atoms with Gasteiger partial charge in [-0.05, 0) is 18.4 Å². The Hall–Kier alpha value is -3.35. The van der Waals surface area contributed by atoms with Crippen LogP contribution in [0.25, 0.3) is 11.3 Å². The summed E-state index contributed by atoms with van der Waals surface area (Å²) in [4.78, 5) is 30.1. The summed E-state index contributed by atoms with van der Waals surface area (Å²) < 4.78 is 40.4. The number of benzene rings is 1. The Balaban J connectivity index is 2.00. The fraction of sp³-hybridized carbons (Fsp3) is 0.133. The third kappa shape index (κ3) is 3.83. The quantitative estimate of drug-likeness (QED) is 0.381. The molecule has 0 unspecified atom stereocenters. The number of aromatic amines is 2. The third-order valence-corrected chi connectivity index (χ3v) is 4.16. The van der Waals surface area contributed by atoms with Crippen LogP contribution in [0.5, 0.6) is 5.88 Å². The molecule has 0 aliphatic rings. The van der Waals surface area contributed by atoms with Crippen LogP contribution in [-0.4, -0.2) is 42.6 Å². The van der Waals surface area contributed by atoms with Crippen molar-refractivity contribution in [1.82, 2.24) is 25.4 Å². The average Bonchev–Trinajstić information content (AvgIpc) is 3.15. The number of amides is 1. The van der Waals surface area contributed by atoms with Crippen LogP contribution in [0.4, 0.5) is 18.9 Å². The monoisotopic (exact) mass is 412 g/mol. The molecule has 3 aromatic rings. The van der Waals surface area contributed by atoms with Gasteiger partial charge in [0.15, 0.2) is 10.7 Å². The second-order valence-corrected chi connectivity index (χ2v) is 6.14. The van der Waals surface area contributed by atoms with Crippen molar-refractivity contribution in [2.45, 2.75) is 11.3 Å². The van der Waals surface area contributed by atoms with Crippen LogP contribution in [0.2, 0.25) is 0 Å². The van der Waals surface area contributed by atoms with Crippen LogP contribution in [0.15, 0.2) is 34.3 Å². The van der Waals surface area contributed by atoms with Gasteiger partial charge in [0.1, 0.15) is 5.69 Å². The topological polar surface area (TPSA) is 137 Å². The first kappa shape index (κ1) is 19.4. The maximum absolute atomic E-state index is 13.5. The minimum Gasteiger partial charge on any atom is -0.493 e. The molecule has 0 aliphatic carbocycles. The molecular weight excluding hydrogens is 401 g/mol. The summed E-state index contributed by atoms with van der Waals surface area (Å²) in [5, 5.41) is 21.4. The number of H-pyrrole nitrogens is 2. The number of nitrogens with one attached hydrogen (secondary N) is 3. The molecule has 28 heavy (non-hydrogen) atoms. The summed E-state index contributed by atoms with van der Waals surface area (Å²) in [6.45, 7) is 0. The number of carbonyl (C=O) groups is 1. The van der Waals surface area contributed by atoms with Gasteiger partial charge in [0.2, 0.25) is 5.88 Å². The first-order chi connectivity index (χ1) is 13.2. The van der Waals surface area contributed by atoms with Crippen LogP contribution in [0.1, 0.15) is 15.9 Å². The zero-order valence-corrected chi connectivity index (χ0v) is 14.8. The highest BCUT2D eigenvalue weighted by Gasteiger charge is 2.35. The van der Waals surface area contributed by atoms with Gasteiger partial charge in [-0.2, -0.15) is 33.6 Å². The number of anilines is 1. The molecule has 0 bridgehead atoms. The van der Waals surface area contributed by atoms with Crippen LogP contribution >= 0.6 is 11.8 Å². The van der Waals surface area contributed by atoms with E-state index in [1.807, 2.05) is 5.32 Å². The summed E-state index contributed by atoms with van der Waals surface area (Å²) in [6.07, 6.45) is -1.99. The molecule has 0 atom stereocenters. The van der Waals surface area contributed by atoms with Crippen LogP contribution in [-0.2, 0) is 6.18 Å². The fourth-order valence-electron chi connectivity index (χ4n) is 2.32. The first-order valence-corrected chi connectivity index (χ1v) is 8.69. The van der Waals surface area contributed by atoms with Gasteiger partial charge in [-0.25, -0.2) is 0 Å². The molecule has 0 aliphatic heterocycles. The van der Waals surface area contributed by atoms with Crippen molar-refractivity contribution in [2.24, 2.45) is 0 Å². The predicted octanol–water partition coefficient (Wildman–Crippen LogP) is 2.25. The van der Waals surface area contributed by atoms with Gasteiger partial charge in [-0.3, -0.25) is 9.59 Å². The Morgan fingerprint density at radius 2 is 2.07 bits per heavy atom. The summed E-state index contributed by atoms with van der Waals surface area (Å²) in [6, 6.07) is 3.09. The molecule has 13 heteroatoms. The SMILES string of the molecule is CSc1nc(O)c(C(=O)Nc2ccc(-c3cn[nH]n3)cc2C(F)(F)F)c(=O)[nH]1. The Morgan fingerprint density at radius 1 is 1.32 bits per heavy atom. The van der Waals surface area contributed by atoms with E-state index in [-0.39, 0.29) is 16.4 Å². The van der Waals surface area contributed by atoms with Crippen molar-refractivity contribution in [3.8, 4) is 17.1 Å². The number of rotatable bonds is 4. The first-order valence-electron chi connectivity index (χ1n) is 7.46. The predicted molar refractivity (Wildman–Crippen MR) is 93.1 cm³/mol. The molecule has 3 rings (SSSR count). The van der Waals surface area contributed by atoms with E-state index < -0.39 is 40.3 Å². The molecule has 146 valence electrons. The van der Waals surface area contributed by atoms with Gasteiger partial charge < -0.3 is 15.4 Å². The summed E-state index contributed by atoms with van der Waals surface area (Å²) in [7, 11) is 0. The Bertz CT molecular complexity index is 1080. The molecule has 0 fully saturated rings. The summed E-state index contributed by atoms with van der Waals surface area (Å²) in [5.41, 5.74) is -3.25. The number of hydrogen-bond donors (Lipinski definition) is 4. The van der Waals surface area contributed by atoms with E-state index in [0.29, 0.717) is 0 Å². The van der Waals surface area contributed by atoms with E-state index >= 15 is 0 Å². The standard InChI is InChI=1S/C15H11F3N6O3S/c1-28-14-21-12(26)10(13(27)22-14)11(25)20-8-3-2-6(9-5-19-24-23-9)4-7(8)15(16,17)18/h2-5H,1H3,(H,20,25)(H,19,23,24)(H2,21,22,26,27). The third-order valence-electron chi connectivity index (χ3n) is 3.58. The number of aromatic nitrogens is 5. The normalized spacial score (nSPS) is 11.4. The second kappa shape index (κ2) is 7.34. The van der Waals surface area contributed by atoms with Crippen molar-refractivity contribution in [3.63, 3.8) is 0 Å². The molecule has 0 radical (unpaired) electrons. The smallest absolute Gasteiger partial charge is 0.418 e. The number of nitrogens with zero attached hydrogens (tertiary/aromatic N) is 3. The van der Waals surface area contributed by atoms with Crippen LogP contribution < -0.4 is 10.9 Å². The zero-order valence-electron chi connectivity index (χ0n) is 14.0. The van der Waals surface area contributed by atoms with E-state index in [4.69, 9.17) is 0 Å². The van der Waals surface area contributed by atoms with Gasteiger partial charge in [0.25, 0.3) is 11.5 Å². The highest BCUT2D eigenvalue weighted by Crippen LogP contribution is 2.37. The molecule has 0 saturated carbocycles. The van der Waals surface area contributed by atoms with Gasteiger partial charge >= 0.3 is 6.18 Å². The lowest BCUT2D eigenvalue weighted by Gasteiger charge is -2.15. The largest absolute Gasteiger partial charge is 0.493 e. The molecule has 4 N–H and O–H groups in total. The van der Waals surface area contributed by atoms with Crippen molar-refractivity contribution in [2.75, 3.05) is 11.6 Å². The van der Waals surface area contributed by atoms with E-state index in [2.05, 4.69) is 25.4 Å². The van der Waals surface area contributed by atoms with Gasteiger partial charge in [0, 0.05) is 5.56 Å². The minimum atomic E-state index is -4.81. The Kier molecular flexibility index (Phi) is 5.09. The number of hydrogen-bond acceptors (Lipinski definition) is 7. The maximum Gasteiger partial charge on any atom is 0.418 e. The van der Waals surface area contributed by atoms with E-state index in [1.54, 1.807) is 6.26 Å². The molecular formula is C15H11F3N6O3S. The number of thioether (sulfide) groups is 1. The average molecular weight is 412 g/mol. The number of halogens is 3. The fourth-order valence-corrected chi connectivity index (χ4v) is 2.69. The highest BCUT2D eigenvalue weighted by molar-refractivity contribution is 7.98. The molecule has 1 amide bonds. The number of carbonyl (C=O) groups excluding carboxylic acids is 1. The Morgan fingerprint density at radius 3 is 2.64 bits per heavy atom. The van der Waals surface area contributed by atoms with Crippen molar-refractivity contribution in [1.29, 1.82) is 0 Å². The van der Waals surface area contributed by atoms with Crippen molar-refractivity contribution < 1.29 is 23.1 Å². The summed E-state index contributed by atoms with van der Waals surface area (Å²) in [5.74, 6) is -2.13. The van der Waals surface area contributed by atoms with E-state index in [9.17, 15) is 27.9 Å². The van der Waals surface area contributed by atoms with Crippen molar-refractivity contribution in [3.05, 3.63) is 45.9 Å². The van der Waals surface area contributed by atoms with Gasteiger partial charge in [0.05, 0.1) is 17.4 Å².